The van der Waals surface area contributed by atoms with E-state index in [1.165, 1.54) is 51.7 Å². The molecule has 0 saturated carbocycles. The molecular formula is C20H25FN2O6S. The molecule has 1 atom stereocenters. The summed E-state index contributed by atoms with van der Waals surface area (Å²) < 4.78 is 56.3. The van der Waals surface area contributed by atoms with Crippen LogP contribution in [0, 0.1) is 5.82 Å². The Morgan fingerprint density at radius 1 is 1.07 bits per heavy atom. The third-order valence-electron chi connectivity index (χ3n) is 4.17. The topological polar surface area (TPSA) is 94.2 Å². The number of carbonyl (C=O) groups is 1. The fourth-order valence-corrected chi connectivity index (χ4v) is 4.21. The molecule has 0 spiro atoms. The van der Waals surface area contributed by atoms with Crippen LogP contribution in [-0.2, 0) is 19.6 Å². The van der Waals surface area contributed by atoms with Gasteiger partial charge >= 0.3 is 0 Å². The third kappa shape index (κ3) is 5.61. The predicted molar refractivity (Wildman–Crippen MR) is 110 cm³/mol. The van der Waals surface area contributed by atoms with Gasteiger partial charge in [-0.15, -0.1) is 0 Å². The van der Waals surface area contributed by atoms with E-state index in [0.29, 0.717) is 5.75 Å². The SMILES string of the molecule is COC[C@@H](C)NC(=O)CN(c1ccc(F)cc1)S(=O)(=O)c1ccc(OC)c(OC)c1. The van der Waals surface area contributed by atoms with E-state index in [0.717, 1.165) is 16.4 Å². The van der Waals surface area contributed by atoms with Crippen LogP contribution in [0.15, 0.2) is 47.4 Å². The summed E-state index contributed by atoms with van der Waals surface area (Å²) in [5.74, 6) is -0.486. The molecule has 1 N–H and O–H groups in total. The highest BCUT2D eigenvalue weighted by atomic mass is 32.2. The molecule has 0 saturated heterocycles. The Balaban J connectivity index is 2.44. The van der Waals surface area contributed by atoms with Gasteiger partial charge in [0, 0.05) is 19.2 Å². The number of nitrogens with one attached hydrogen (secondary N) is 1. The van der Waals surface area contributed by atoms with Crippen LogP contribution in [0.2, 0.25) is 0 Å². The van der Waals surface area contributed by atoms with E-state index in [1.54, 1.807) is 6.92 Å². The van der Waals surface area contributed by atoms with Crippen molar-refractivity contribution in [3.8, 4) is 11.5 Å². The van der Waals surface area contributed by atoms with Crippen molar-refractivity contribution in [2.24, 2.45) is 0 Å². The second kappa shape index (κ2) is 10.3. The molecule has 0 aliphatic heterocycles. The van der Waals surface area contributed by atoms with E-state index in [4.69, 9.17) is 14.2 Å². The lowest BCUT2D eigenvalue weighted by Crippen LogP contribution is -2.44. The molecular weight excluding hydrogens is 415 g/mol. The lowest BCUT2D eigenvalue weighted by molar-refractivity contribution is -0.120. The summed E-state index contributed by atoms with van der Waals surface area (Å²) in [6.45, 7) is 1.49. The van der Waals surface area contributed by atoms with Gasteiger partial charge in [0.25, 0.3) is 10.0 Å². The number of hydrogen-bond acceptors (Lipinski definition) is 6. The summed E-state index contributed by atoms with van der Waals surface area (Å²) in [4.78, 5) is 12.4. The van der Waals surface area contributed by atoms with E-state index in [1.807, 2.05) is 0 Å². The van der Waals surface area contributed by atoms with Gasteiger partial charge in [0.15, 0.2) is 11.5 Å². The van der Waals surface area contributed by atoms with Crippen LogP contribution in [0.1, 0.15) is 6.92 Å². The molecule has 0 aliphatic carbocycles. The Kier molecular flexibility index (Phi) is 8.01. The van der Waals surface area contributed by atoms with E-state index >= 15 is 0 Å². The van der Waals surface area contributed by atoms with Gasteiger partial charge in [0.05, 0.1) is 31.4 Å². The number of nitrogens with zero attached hydrogens (tertiary/aromatic N) is 1. The maximum absolute atomic E-state index is 13.4. The number of sulfonamides is 1. The summed E-state index contributed by atoms with van der Waals surface area (Å²) in [7, 11) is 0.129. The largest absolute Gasteiger partial charge is 0.493 e. The number of rotatable bonds is 10. The Labute approximate surface area is 175 Å². The van der Waals surface area contributed by atoms with Crippen LogP contribution in [0.25, 0.3) is 0 Å². The van der Waals surface area contributed by atoms with Crippen LogP contribution in [0.4, 0.5) is 10.1 Å². The molecule has 0 radical (unpaired) electrons. The summed E-state index contributed by atoms with van der Waals surface area (Å²) >= 11 is 0. The highest BCUT2D eigenvalue weighted by molar-refractivity contribution is 7.92. The first-order valence-electron chi connectivity index (χ1n) is 9.01. The molecule has 8 nitrogen and oxygen atoms in total. The molecule has 0 heterocycles. The quantitative estimate of drug-likeness (QED) is 0.609. The van der Waals surface area contributed by atoms with E-state index in [2.05, 4.69) is 5.32 Å². The number of methoxy groups -OCH3 is 3. The Morgan fingerprint density at radius 3 is 2.27 bits per heavy atom. The highest BCUT2D eigenvalue weighted by Gasteiger charge is 2.28. The zero-order chi connectivity index (χ0) is 22.3. The molecule has 164 valence electrons. The summed E-state index contributed by atoms with van der Waals surface area (Å²) in [5.41, 5.74) is 0.140. The second-order valence-electron chi connectivity index (χ2n) is 6.43. The molecule has 2 rings (SSSR count). The fraction of sp³-hybridized carbons (Fsp3) is 0.350. The van der Waals surface area contributed by atoms with Gasteiger partial charge in [0.2, 0.25) is 5.91 Å². The number of amides is 1. The lowest BCUT2D eigenvalue weighted by atomic mass is 10.3. The number of halogens is 1. The Morgan fingerprint density at radius 2 is 1.70 bits per heavy atom. The summed E-state index contributed by atoms with van der Waals surface area (Å²) in [6, 6.07) is 8.61. The number of anilines is 1. The van der Waals surface area contributed by atoms with Gasteiger partial charge in [0.1, 0.15) is 12.4 Å². The predicted octanol–water partition coefficient (Wildman–Crippen LogP) is 2.19. The van der Waals surface area contributed by atoms with Crippen molar-refractivity contribution in [1.29, 1.82) is 0 Å². The first-order valence-corrected chi connectivity index (χ1v) is 10.5. The molecule has 0 bridgehead atoms. The van der Waals surface area contributed by atoms with E-state index in [9.17, 15) is 17.6 Å². The summed E-state index contributed by atoms with van der Waals surface area (Å²) in [5, 5.41) is 2.67. The fourth-order valence-electron chi connectivity index (χ4n) is 2.77. The monoisotopic (exact) mass is 440 g/mol. The normalized spacial score (nSPS) is 12.2. The van der Waals surface area contributed by atoms with Crippen molar-refractivity contribution in [2.45, 2.75) is 17.9 Å². The average Bonchev–Trinajstić information content (AvgIpc) is 2.72. The maximum atomic E-state index is 13.4. The van der Waals surface area contributed by atoms with Crippen molar-refractivity contribution in [1.82, 2.24) is 5.32 Å². The number of carbonyl (C=O) groups excluding carboxylic acids is 1. The molecule has 10 heteroatoms. The Bertz CT molecular complexity index is 966. The zero-order valence-corrected chi connectivity index (χ0v) is 18.0. The minimum Gasteiger partial charge on any atom is -0.493 e. The molecule has 0 fully saturated rings. The van der Waals surface area contributed by atoms with Gasteiger partial charge in [-0.25, -0.2) is 12.8 Å². The van der Waals surface area contributed by atoms with Crippen molar-refractivity contribution in [2.75, 3.05) is 38.8 Å². The summed E-state index contributed by atoms with van der Waals surface area (Å²) in [6.07, 6.45) is 0. The van der Waals surface area contributed by atoms with Crippen LogP contribution in [-0.4, -0.2) is 54.8 Å². The van der Waals surface area contributed by atoms with Gasteiger partial charge in [-0.1, -0.05) is 0 Å². The Hall–Kier alpha value is -2.85. The first-order chi connectivity index (χ1) is 14.2. The third-order valence-corrected chi connectivity index (χ3v) is 5.94. The minimum atomic E-state index is -4.18. The van der Waals surface area contributed by atoms with E-state index < -0.39 is 28.3 Å². The molecule has 1 amide bonds. The maximum Gasteiger partial charge on any atom is 0.264 e. The lowest BCUT2D eigenvalue weighted by Gasteiger charge is -2.25. The smallest absolute Gasteiger partial charge is 0.264 e. The van der Waals surface area contributed by atoms with Crippen molar-refractivity contribution in [3.05, 3.63) is 48.3 Å². The van der Waals surface area contributed by atoms with Crippen molar-refractivity contribution < 1.29 is 31.8 Å². The van der Waals surface area contributed by atoms with Crippen LogP contribution in [0.3, 0.4) is 0 Å². The van der Waals surface area contributed by atoms with Crippen molar-refractivity contribution in [3.63, 3.8) is 0 Å². The van der Waals surface area contributed by atoms with Gasteiger partial charge in [-0.2, -0.15) is 0 Å². The molecule has 0 aliphatic rings. The van der Waals surface area contributed by atoms with Crippen LogP contribution >= 0.6 is 0 Å². The minimum absolute atomic E-state index is 0.109. The highest BCUT2D eigenvalue weighted by Crippen LogP contribution is 2.32. The molecule has 2 aromatic rings. The molecule has 2 aromatic carbocycles. The van der Waals surface area contributed by atoms with Crippen LogP contribution < -0.4 is 19.1 Å². The average molecular weight is 440 g/mol. The second-order valence-corrected chi connectivity index (χ2v) is 8.29. The van der Waals surface area contributed by atoms with E-state index in [-0.39, 0.29) is 29.0 Å². The standard InChI is InChI=1S/C20H25FN2O6S/c1-14(13-27-2)22-20(24)12-23(16-7-5-15(21)6-8-16)30(25,26)17-9-10-18(28-3)19(11-17)29-4/h5-11,14H,12-13H2,1-4H3,(H,22,24)/t14-/m1/s1. The van der Waals surface area contributed by atoms with Crippen molar-refractivity contribution >= 4 is 21.6 Å². The number of hydrogen-bond donors (Lipinski definition) is 1. The number of ether oxygens (including phenoxy) is 3. The van der Waals surface area contributed by atoms with Crippen LogP contribution in [0.5, 0.6) is 11.5 Å². The van der Waals surface area contributed by atoms with Gasteiger partial charge < -0.3 is 19.5 Å². The first kappa shape index (κ1) is 23.4. The number of benzene rings is 2. The van der Waals surface area contributed by atoms with Gasteiger partial charge in [-0.3, -0.25) is 9.10 Å². The molecule has 30 heavy (non-hydrogen) atoms. The zero-order valence-electron chi connectivity index (χ0n) is 17.2. The molecule has 0 aromatic heterocycles. The van der Waals surface area contributed by atoms with Gasteiger partial charge in [-0.05, 0) is 43.3 Å². The molecule has 0 unspecified atom stereocenters.